The van der Waals surface area contributed by atoms with E-state index < -0.39 is 12.0 Å². The van der Waals surface area contributed by atoms with Gasteiger partial charge in [0.25, 0.3) is 0 Å². The number of pyridine rings is 1. The predicted molar refractivity (Wildman–Crippen MR) is 218 cm³/mol. The van der Waals surface area contributed by atoms with Gasteiger partial charge < -0.3 is 34.4 Å². The summed E-state index contributed by atoms with van der Waals surface area (Å²) in [6.45, 7) is 7.72. The summed E-state index contributed by atoms with van der Waals surface area (Å²) in [5.41, 5.74) is 7.64. The molecule has 296 valence electrons. The molecule has 6 rings (SSSR count). The van der Waals surface area contributed by atoms with Crippen molar-refractivity contribution in [3.8, 4) is 40.2 Å². The number of hydrogen-bond donors (Lipinski definition) is 4. The Labute approximate surface area is 338 Å². The second-order valence-corrected chi connectivity index (χ2v) is 14.7. The first kappa shape index (κ1) is 41.0. The van der Waals surface area contributed by atoms with Gasteiger partial charge in [0.05, 0.1) is 23.3 Å². The van der Waals surface area contributed by atoms with E-state index in [-0.39, 0.29) is 38.0 Å². The number of ether oxygens (including phenoxy) is 3. The maximum Gasteiger partial charge on any atom is 0.321 e. The van der Waals surface area contributed by atoms with Crippen LogP contribution < -0.4 is 19.5 Å². The number of aliphatic carboxylic acids is 1. The second kappa shape index (κ2) is 19.5. The van der Waals surface area contributed by atoms with Crippen LogP contribution in [0.3, 0.4) is 0 Å². The number of nitrogens with one attached hydrogen (secondary N) is 1. The van der Waals surface area contributed by atoms with Gasteiger partial charge in [-0.05, 0) is 96.8 Å². The molecule has 1 fully saturated rings. The van der Waals surface area contributed by atoms with Crippen LogP contribution in [0.5, 0.6) is 23.0 Å². The summed E-state index contributed by atoms with van der Waals surface area (Å²) in [6, 6.07) is 24.9. The summed E-state index contributed by atoms with van der Waals surface area (Å²) in [6.07, 6.45) is 4.77. The Kier molecular flexibility index (Phi) is 14.0. The number of β-amino-alcohol motifs (C(OH)–C–C–N with tert-alkyl or cyclic N) is 1. The van der Waals surface area contributed by atoms with Crippen LogP contribution in [0.4, 0.5) is 0 Å². The molecular formula is C45H47ClN4O7. The van der Waals surface area contributed by atoms with Crippen molar-refractivity contribution in [3.63, 3.8) is 0 Å². The molecule has 1 unspecified atom stereocenters. The fraction of sp³-hybridized carbons (Fsp3) is 0.311. The van der Waals surface area contributed by atoms with Gasteiger partial charge in [-0.15, -0.1) is 0 Å². The van der Waals surface area contributed by atoms with Crippen LogP contribution in [-0.4, -0.2) is 69.6 Å². The number of phenolic OH excluding ortho intramolecular Hbond substituents is 1. The van der Waals surface area contributed by atoms with Crippen molar-refractivity contribution >= 4 is 17.6 Å². The highest BCUT2D eigenvalue weighted by Gasteiger charge is 2.21. The zero-order valence-electron chi connectivity index (χ0n) is 32.1. The molecule has 12 heteroatoms. The van der Waals surface area contributed by atoms with Gasteiger partial charge in [-0.1, -0.05) is 54.1 Å². The van der Waals surface area contributed by atoms with E-state index in [0.29, 0.717) is 39.8 Å². The minimum absolute atomic E-state index is 0.0956. The largest absolute Gasteiger partial charge is 0.508 e. The Morgan fingerprint density at radius 1 is 0.930 bits per heavy atom. The van der Waals surface area contributed by atoms with Crippen LogP contribution >= 0.6 is 11.6 Å². The highest BCUT2D eigenvalue weighted by molar-refractivity contribution is 6.32. The van der Waals surface area contributed by atoms with E-state index in [4.69, 9.17) is 25.8 Å². The maximum absolute atomic E-state index is 12.2. The minimum atomic E-state index is -1.03. The lowest BCUT2D eigenvalue weighted by atomic mass is 9.93. The summed E-state index contributed by atoms with van der Waals surface area (Å²) >= 11 is 6.83. The summed E-state index contributed by atoms with van der Waals surface area (Å²) in [7, 11) is 0. The van der Waals surface area contributed by atoms with E-state index in [1.807, 2.05) is 24.3 Å². The molecule has 1 aliphatic rings. The Morgan fingerprint density at radius 2 is 1.68 bits per heavy atom. The average molecular weight is 791 g/mol. The Hall–Kier alpha value is -5.64. The number of rotatable bonds is 18. The van der Waals surface area contributed by atoms with Crippen LogP contribution in [0.2, 0.25) is 5.02 Å². The quantitative estimate of drug-likeness (QED) is 0.0657. The van der Waals surface area contributed by atoms with E-state index in [1.165, 1.54) is 18.3 Å². The van der Waals surface area contributed by atoms with E-state index in [9.17, 15) is 25.4 Å². The van der Waals surface area contributed by atoms with Gasteiger partial charge in [0.1, 0.15) is 48.3 Å². The molecule has 1 saturated heterocycles. The minimum Gasteiger partial charge on any atom is -0.508 e. The molecule has 0 spiro atoms. The van der Waals surface area contributed by atoms with Crippen LogP contribution in [0, 0.1) is 25.2 Å². The zero-order valence-corrected chi connectivity index (χ0v) is 32.8. The van der Waals surface area contributed by atoms with Crippen molar-refractivity contribution in [3.05, 3.63) is 135 Å². The Bertz CT molecular complexity index is 2210. The third kappa shape index (κ3) is 11.0. The highest BCUT2D eigenvalue weighted by Crippen LogP contribution is 2.36. The van der Waals surface area contributed by atoms with Crippen molar-refractivity contribution in [2.75, 3.05) is 26.2 Å². The Morgan fingerprint density at radius 3 is 2.42 bits per heavy atom. The number of carboxylic acid groups (broad SMARTS) is 1. The molecule has 1 aromatic heterocycles. The first-order chi connectivity index (χ1) is 27.6. The average Bonchev–Trinajstić information content (AvgIpc) is 3.63. The number of aliphatic hydroxyl groups is 1. The lowest BCUT2D eigenvalue weighted by Crippen LogP contribution is -2.38. The number of aliphatic hydroxyl groups excluding tert-OH is 1. The monoisotopic (exact) mass is 790 g/mol. The number of carbonyl (C=O) groups is 1. The first-order valence-electron chi connectivity index (χ1n) is 19.0. The van der Waals surface area contributed by atoms with Crippen molar-refractivity contribution in [1.82, 2.24) is 15.2 Å². The molecule has 1 aliphatic heterocycles. The first-order valence-corrected chi connectivity index (χ1v) is 19.3. The molecule has 4 N–H and O–H groups in total. The third-order valence-corrected chi connectivity index (χ3v) is 10.5. The number of likely N-dealkylation sites (tertiary alicyclic amines) is 1. The van der Waals surface area contributed by atoms with Crippen molar-refractivity contribution in [1.29, 1.82) is 5.26 Å². The molecule has 0 amide bonds. The highest BCUT2D eigenvalue weighted by atomic mass is 35.5. The molecule has 0 aliphatic carbocycles. The number of phenols is 1. The van der Waals surface area contributed by atoms with Crippen LogP contribution in [0.1, 0.15) is 51.8 Å². The molecule has 2 atom stereocenters. The summed E-state index contributed by atoms with van der Waals surface area (Å²) in [5, 5.41) is 42.3. The van der Waals surface area contributed by atoms with E-state index in [0.717, 1.165) is 71.6 Å². The van der Waals surface area contributed by atoms with Gasteiger partial charge in [0.2, 0.25) is 0 Å². The molecule has 11 nitrogen and oxygen atoms in total. The summed E-state index contributed by atoms with van der Waals surface area (Å²) in [4.78, 5) is 18.6. The van der Waals surface area contributed by atoms with Gasteiger partial charge in [0.15, 0.2) is 0 Å². The smallest absolute Gasteiger partial charge is 0.321 e. The van der Waals surface area contributed by atoms with Crippen molar-refractivity contribution in [2.24, 2.45) is 0 Å². The lowest BCUT2D eigenvalue weighted by molar-refractivity contribution is -0.139. The summed E-state index contributed by atoms with van der Waals surface area (Å²) < 4.78 is 18.8. The molecule has 0 bridgehead atoms. The predicted octanol–water partition coefficient (Wildman–Crippen LogP) is 7.38. The molecule has 0 radical (unpaired) electrons. The maximum atomic E-state index is 12.2. The molecule has 5 aromatic rings. The standard InChI is InChI=1S/C45H47ClN4O7/c1-29-34(6-3-7-38(29)39-8-4-9-42(30(39)2)55-17-5-15-50-16-14-37(52)26-50)28-57-44-21-43(56-27-33-18-32(22-47)23-48-24-33)35(20-40(44)46)25-49-41(45(53)54)19-31-10-12-36(51)13-11-31/h3-4,6-13,18,20-21,23-24,37,41,49,51-52H,5,14-17,19,25-28H2,1-2H3,(H,53,54)/t37?,41-/m0/s1. The SMILES string of the molecule is Cc1c(COc2cc(OCc3cncc(C#N)c3)c(CN[C@@H](Cc3ccc(O)cc3)C(=O)O)cc2Cl)cccc1-c1cccc(OCCCN2CCC(O)C2)c1C. The molecular weight excluding hydrogens is 744 g/mol. The number of aromatic nitrogens is 1. The summed E-state index contributed by atoms with van der Waals surface area (Å²) in [5.74, 6) is 0.725. The number of nitriles is 1. The van der Waals surface area contributed by atoms with Gasteiger partial charge in [-0.2, -0.15) is 5.26 Å². The molecule has 57 heavy (non-hydrogen) atoms. The number of hydrogen-bond acceptors (Lipinski definition) is 10. The van der Waals surface area contributed by atoms with Gasteiger partial charge in [-0.25, -0.2) is 0 Å². The Balaban J connectivity index is 1.17. The van der Waals surface area contributed by atoms with Crippen LogP contribution in [0.15, 0.2) is 91.3 Å². The van der Waals surface area contributed by atoms with Crippen LogP contribution in [0.25, 0.3) is 11.1 Å². The van der Waals surface area contributed by atoms with Crippen molar-refractivity contribution < 1.29 is 34.3 Å². The van der Waals surface area contributed by atoms with E-state index in [1.54, 1.807) is 36.5 Å². The number of carboxylic acids is 1. The number of benzene rings is 4. The zero-order chi connectivity index (χ0) is 40.3. The molecule has 2 heterocycles. The normalized spacial score (nSPS) is 14.5. The van der Waals surface area contributed by atoms with E-state index in [2.05, 4.69) is 47.3 Å². The third-order valence-electron chi connectivity index (χ3n) is 10.2. The van der Waals surface area contributed by atoms with Crippen molar-refractivity contribution in [2.45, 2.75) is 65.0 Å². The van der Waals surface area contributed by atoms with E-state index >= 15 is 0 Å². The topological polar surface area (TPSA) is 157 Å². The van der Waals surface area contributed by atoms with Gasteiger partial charge in [-0.3, -0.25) is 15.1 Å². The number of aromatic hydroxyl groups is 1. The van der Waals surface area contributed by atoms with Crippen LogP contribution in [-0.2, 0) is 31.0 Å². The fourth-order valence-corrected chi connectivity index (χ4v) is 7.17. The number of nitrogens with zero attached hydrogens (tertiary/aromatic N) is 3. The molecule has 0 saturated carbocycles. The van der Waals surface area contributed by atoms with Gasteiger partial charge >= 0.3 is 5.97 Å². The lowest BCUT2D eigenvalue weighted by Gasteiger charge is -2.19. The number of halogens is 1. The van der Waals surface area contributed by atoms with Gasteiger partial charge in [0, 0.05) is 55.8 Å². The molecule has 4 aromatic carbocycles. The second-order valence-electron chi connectivity index (χ2n) is 14.3. The fourth-order valence-electron chi connectivity index (χ4n) is 6.93.